The van der Waals surface area contributed by atoms with Crippen molar-refractivity contribution in [2.75, 3.05) is 11.9 Å². The Hall–Kier alpha value is -1.55. The van der Waals surface area contributed by atoms with Gasteiger partial charge in [0, 0.05) is 12.3 Å². The van der Waals surface area contributed by atoms with Crippen LogP contribution in [0, 0.1) is 6.92 Å². The number of hydrogen-bond donors (Lipinski definition) is 2. The number of hydrogen-bond acceptors (Lipinski definition) is 3. The van der Waals surface area contributed by atoms with Gasteiger partial charge in [-0.1, -0.05) is 0 Å². The molecule has 1 unspecified atom stereocenters. The van der Waals surface area contributed by atoms with Crippen LogP contribution >= 0.6 is 0 Å². The minimum Gasteiger partial charge on any atom is -0.508 e. The molecule has 92 valence electrons. The van der Waals surface area contributed by atoms with Gasteiger partial charge >= 0.3 is 0 Å². The van der Waals surface area contributed by atoms with Crippen molar-refractivity contribution in [3.8, 4) is 5.75 Å². The highest BCUT2D eigenvalue weighted by atomic mass is 16.5. The molecule has 0 aliphatic carbocycles. The maximum Gasteiger partial charge on any atom is 0.226 e. The normalized spacial score (nSPS) is 19.2. The summed E-state index contributed by atoms with van der Waals surface area (Å²) in [6.07, 6.45) is 2.46. The molecule has 0 saturated carbocycles. The largest absolute Gasteiger partial charge is 0.508 e. The zero-order valence-corrected chi connectivity index (χ0v) is 9.90. The Morgan fingerprint density at radius 3 is 3.06 bits per heavy atom. The third kappa shape index (κ3) is 3.20. The molecule has 1 aliphatic rings. The number of phenolic OH excluding ortho intramolecular Hbond substituents is 1. The number of aryl methyl sites for hydroxylation is 1. The molecule has 0 aromatic heterocycles. The van der Waals surface area contributed by atoms with Crippen LogP contribution in [0.4, 0.5) is 5.69 Å². The lowest BCUT2D eigenvalue weighted by Crippen LogP contribution is -2.19. The molecule has 1 fully saturated rings. The lowest BCUT2D eigenvalue weighted by Gasteiger charge is -2.11. The maximum absolute atomic E-state index is 11.8. The lowest BCUT2D eigenvalue weighted by molar-refractivity contribution is -0.118. The van der Waals surface area contributed by atoms with E-state index in [0.29, 0.717) is 6.42 Å². The second-order valence-corrected chi connectivity index (χ2v) is 4.39. The number of benzene rings is 1. The highest BCUT2D eigenvalue weighted by Gasteiger charge is 2.19. The molecule has 1 aromatic rings. The second-order valence-electron chi connectivity index (χ2n) is 4.39. The van der Waals surface area contributed by atoms with Crippen LogP contribution < -0.4 is 5.32 Å². The Morgan fingerprint density at radius 1 is 1.59 bits per heavy atom. The minimum absolute atomic E-state index is 0.0364. The molecule has 1 atom stereocenters. The van der Waals surface area contributed by atoms with Gasteiger partial charge in [0.15, 0.2) is 0 Å². The zero-order chi connectivity index (χ0) is 12.3. The first-order valence-corrected chi connectivity index (χ1v) is 5.86. The van der Waals surface area contributed by atoms with E-state index in [1.807, 2.05) is 6.92 Å². The average Bonchev–Trinajstić information content (AvgIpc) is 2.75. The van der Waals surface area contributed by atoms with Crippen molar-refractivity contribution in [2.24, 2.45) is 0 Å². The van der Waals surface area contributed by atoms with Crippen molar-refractivity contribution in [1.29, 1.82) is 0 Å². The van der Waals surface area contributed by atoms with Crippen LogP contribution in [0.15, 0.2) is 18.2 Å². The van der Waals surface area contributed by atoms with Crippen LogP contribution in [-0.2, 0) is 9.53 Å². The quantitative estimate of drug-likeness (QED) is 0.790. The maximum atomic E-state index is 11.8. The van der Waals surface area contributed by atoms with Crippen molar-refractivity contribution in [3.05, 3.63) is 23.8 Å². The third-order valence-corrected chi connectivity index (χ3v) is 2.92. The van der Waals surface area contributed by atoms with Gasteiger partial charge in [0.2, 0.25) is 5.91 Å². The molecular weight excluding hydrogens is 218 g/mol. The molecule has 0 spiro atoms. The summed E-state index contributed by atoms with van der Waals surface area (Å²) in [5, 5.41) is 12.1. The van der Waals surface area contributed by atoms with Crippen LogP contribution in [0.25, 0.3) is 0 Å². The summed E-state index contributed by atoms with van der Waals surface area (Å²) >= 11 is 0. The van der Waals surface area contributed by atoms with Crippen molar-refractivity contribution in [3.63, 3.8) is 0 Å². The van der Waals surface area contributed by atoms with Crippen LogP contribution in [0.1, 0.15) is 24.8 Å². The van der Waals surface area contributed by atoms with Crippen LogP contribution in [-0.4, -0.2) is 23.7 Å². The summed E-state index contributed by atoms with van der Waals surface area (Å²) in [6, 6.07) is 4.90. The summed E-state index contributed by atoms with van der Waals surface area (Å²) in [7, 11) is 0. The van der Waals surface area contributed by atoms with E-state index in [4.69, 9.17) is 4.74 Å². The van der Waals surface area contributed by atoms with Crippen molar-refractivity contribution in [2.45, 2.75) is 32.3 Å². The zero-order valence-electron chi connectivity index (χ0n) is 9.90. The standard InChI is InChI=1S/C13H17NO3/c1-9-7-10(15)4-5-12(9)14-13(16)8-11-3-2-6-17-11/h4-5,7,11,15H,2-3,6,8H2,1H3,(H,14,16). The summed E-state index contributed by atoms with van der Waals surface area (Å²) in [4.78, 5) is 11.8. The summed E-state index contributed by atoms with van der Waals surface area (Å²) in [5.74, 6) is 0.172. The Morgan fingerprint density at radius 2 is 2.41 bits per heavy atom. The molecule has 1 saturated heterocycles. The van der Waals surface area contributed by atoms with Crippen molar-refractivity contribution in [1.82, 2.24) is 0 Å². The smallest absolute Gasteiger partial charge is 0.226 e. The van der Waals surface area contributed by atoms with Crippen molar-refractivity contribution >= 4 is 11.6 Å². The number of phenols is 1. The van der Waals surface area contributed by atoms with E-state index in [-0.39, 0.29) is 17.8 Å². The summed E-state index contributed by atoms with van der Waals surface area (Å²) in [6.45, 7) is 2.61. The van der Waals surface area contributed by atoms with Gasteiger partial charge < -0.3 is 15.2 Å². The van der Waals surface area contributed by atoms with E-state index in [0.717, 1.165) is 30.7 Å². The number of anilines is 1. The van der Waals surface area contributed by atoms with Crippen LogP contribution in [0.2, 0.25) is 0 Å². The second kappa shape index (κ2) is 5.19. The van der Waals surface area contributed by atoms with Gasteiger partial charge in [-0.05, 0) is 43.5 Å². The molecule has 0 radical (unpaired) electrons. The van der Waals surface area contributed by atoms with Gasteiger partial charge in [0.1, 0.15) is 5.75 Å². The number of aromatic hydroxyl groups is 1. The Kier molecular flexibility index (Phi) is 3.64. The van der Waals surface area contributed by atoms with Gasteiger partial charge in [0.05, 0.1) is 12.5 Å². The fourth-order valence-electron chi connectivity index (χ4n) is 2.00. The molecule has 4 heteroatoms. The summed E-state index contributed by atoms with van der Waals surface area (Å²) in [5.41, 5.74) is 1.59. The molecule has 1 aliphatic heterocycles. The summed E-state index contributed by atoms with van der Waals surface area (Å²) < 4.78 is 5.41. The van der Waals surface area contributed by atoms with Gasteiger partial charge in [0.25, 0.3) is 0 Å². The van der Waals surface area contributed by atoms with E-state index >= 15 is 0 Å². The van der Waals surface area contributed by atoms with E-state index in [1.54, 1.807) is 18.2 Å². The molecule has 17 heavy (non-hydrogen) atoms. The molecule has 2 N–H and O–H groups in total. The third-order valence-electron chi connectivity index (χ3n) is 2.92. The number of carbonyl (C=O) groups is 1. The van der Waals surface area contributed by atoms with E-state index in [1.165, 1.54) is 0 Å². The van der Waals surface area contributed by atoms with Gasteiger partial charge in [-0.3, -0.25) is 4.79 Å². The molecule has 1 heterocycles. The van der Waals surface area contributed by atoms with Gasteiger partial charge in [-0.15, -0.1) is 0 Å². The first-order chi connectivity index (χ1) is 8.15. The lowest BCUT2D eigenvalue weighted by atomic mass is 10.1. The number of nitrogens with one attached hydrogen (secondary N) is 1. The van der Waals surface area contributed by atoms with Gasteiger partial charge in [-0.25, -0.2) is 0 Å². The topological polar surface area (TPSA) is 58.6 Å². The van der Waals surface area contributed by atoms with E-state index in [2.05, 4.69) is 5.32 Å². The van der Waals surface area contributed by atoms with Gasteiger partial charge in [-0.2, -0.15) is 0 Å². The Balaban J connectivity index is 1.93. The molecule has 1 amide bonds. The fraction of sp³-hybridized carbons (Fsp3) is 0.462. The average molecular weight is 235 g/mol. The molecule has 1 aromatic carbocycles. The first-order valence-electron chi connectivity index (χ1n) is 5.86. The first kappa shape index (κ1) is 11.9. The SMILES string of the molecule is Cc1cc(O)ccc1NC(=O)CC1CCCO1. The molecule has 0 bridgehead atoms. The predicted octanol–water partition coefficient (Wildman–Crippen LogP) is 2.21. The molecule has 2 rings (SSSR count). The highest BCUT2D eigenvalue weighted by molar-refractivity contribution is 5.91. The van der Waals surface area contributed by atoms with Crippen molar-refractivity contribution < 1.29 is 14.6 Å². The molecular formula is C13H17NO3. The fourth-order valence-corrected chi connectivity index (χ4v) is 2.00. The highest BCUT2D eigenvalue weighted by Crippen LogP contribution is 2.21. The molecule has 4 nitrogen and oxygen atoms in total. The number of ether oxygens (including phenoxy) is 1. The number of rotatable bonds is 3. The monoisotopic (exact) mass is 235 g/mol. The Bertz CT molecular complexity index is 411. The minimum atomic E-state index is -0.0364. The van der Waals surface area contributed by atoms with E-state index in [9.17, 15) is 9.90 Å². The predicted molar refractivity (Wildman–Crippen MR) is 65.1 cm³/mol. The number of amides is 1. The van der Waals surface area contributed by atoms with Crippen LogP contribution in [0.5, 0.6) is 5.75 Å². The van der Waals surface area contributed by atoms with Crippen LogP contribution in [0.3, 0.4) is 0 Å². The van der Waals surface area contributed by atoms with E-state index < -0.39 is 0 Å². The Labute approximate surface area is 101 Å². The number of carbonyl (C=O) groups excluding carboxylic acids is 1.